The van der Waals surface area contributed by atoms with Gasteiger partial charge in [-0.2, -0.15) is 5.10 Å². The van der Waals surface area contributed by atoms with E-state index < -0.39 is 12.0 Å². The highest BCUT2D eigenvalue weighted by Crippen LogP contribution is 2.43. The van der Waals surface area contributed by atoms with E-state index in [0.717, 1.165) is 25.0 Å². The maximum Gasteiger partial charge on any atom is 0.326 e. The van der Waals surface area contributed by atoms with E-state index in [1.807, 2.05) is 6.92 Å². The van der Waals surface area contributed by atoms with Crippen LogP contribution in [0.5, 0.6) is 0 Å². The lowest BCUT2D eigenvalue weighted by molar-refractivity contribution is -0.144. The fourth-order valence-electron chi connectivity index (χ4n) is 2.88. The van der Waals surface area contributed by atoms with Crippen molar-refractivity contribution >= 4 is 27.8 Å². The van der Waals surface area contributed by atoms with Gasteiger partial charge in [0.15, 0.2) is 5.69 Å². The fraction of sp³-hybridized carbons (Fsp3) is 0.643. The van der Waals surface area contributed by atoms with Crippen molar-refractivity contribution in [2.45, 2.75) is 44.6 Å². The lowest BCUT2D eigenvalue weighted by Crippen LogP contribution is -2.50. The molecule has 2 unspecified atom stereocenters. The van der Waals surface area contributed by atoms with Gasteiger partial charge in [0.1, 0.15) is 6.04 Å². The van der Waals surface area contributed by atoms with Gasteiger partial charge in [-0.3, -0.25) is 9.89 Å². The zero-order chi connectivity index (χ0) is 15.1. The van der Waals surface area contributed by atoms with Crippen molar-refractivity contribution in [3.8, 4) is 0 Å². The molecule has 1 saturated heterocycles. The van der Waals surface area contributed by atoms with E-state index in [4.69, 9.17) is 0 Å². The van der Waals surface area contributed by atoms with Crippen LogP contribution >= 0.6 is 15.9 Å². The number of H-pyrrole nitrogens is 1. The van der Waals surface area contributed by atoms with E-state index in [1.54, 1.807) is 0 Å². The van der Waals surface area contributed by atoms with Crippen molar-refractivity contribution < 1.29 is 14.7 Å². The average molecular weight is 356 g/mol. The molecule has 1 amide bonds. The summed E-state index contributed by atoms with van der Waals surface area (Å²) in [6.45, 7) is 2.49. The average Bonchev–Trinajstić information content (AvgIpc) is 3.21. The van der Waals surface area contributed by atoms with Crippen LogP contribution in [0.2, 0.25) is 0 Å². The van der Waals surface area contributed by atoms with Crippen molar-refractivity contribution in [3.05, 3.63) is 15.9 Å². The predicted octanol–water partition coefficient (Wildman–Crippen LogP) is 2.37. The molecule has 2 fully saturated rings. The molecule has 1 aliphatic heterocycles. The summed E-state index contributed by atoms with van der Waals surface area (Å²) in [5.74, 6) is -0.474. The van der Waals surface area contributed by atoms with Crippen LogP contribution in [0.4, 0.5) is 0 Å². The third-order valence-electron chi connectivity index (χ3n) is 4.33. The van der Waals surface area contributed by atoms with Gasteiger partial charge in [-0.1, -0.05) is 6.92 Å². The van der Waals surface area contributed by atoms with Crippen molar-refractivity contribution in [3.63, 3.8) is 0 Å². The van der Waals surface area contributed by atoms with Crippen molar-refractivity contribution in [1.29, 1.82) is 0 Å². The molecule has 2 N–H and O–H groups in total. The highest BCUT2D eigenvalue weighted by Gasteiger charge is 2.38. The molecule has 0 spiro atoms. The van der Waals surface area contributed by atoms with E-state index in [9.17, 15) is 14.7 Å². The van der Waals surface area contributed by atoms with Gasteiger partial charge in [-0.05, 0) is 47.5 Å². The van der Waals surface area contributed by atoms with Crippen LogP contribution in [0.3, 0.4) is 0 Å². The molecule has 7 heteroatoms. The van der Waals surface area contributed by atoms with Crippen LogP contribution in [0.25, 0.3) is 0 Å². The van der Waals surface area contributed by atoms with E-state index >= 15 is 0 Å². The number of carboxylic acids is 1. The summed E-state index contributed by atoms with van der Waals surface area (Å²) in [6, 6.07) is -0.755. The molecule has 1 aromatic heterocycles. The van der Waals surface area contributed by atoms with Gasteiger partial charge in [-0.25, -0.2) is 4.79 Å². The first-order valence-corrected chi connectivity index (χ1v) is 8.06. The number of aromatic nitrogens is 2. The molecule has 0 radical (unpaired) electrons. The molecule has 2 heterocycles. The number of carbonyl (C=O) groups excluding carboxylic acids is 1. The van der Waals surface area contributed by atoms with Gasteiger partial charge in [0.05, 0.1) is 10.2 Å². The highest BCUT2D eigenvalue weighted by molar-refractivity contribution is 9.10. The minimum Gasteiger partial charge on any atom is -0.480 e. The van der Waals surface area contributed by atoms with Crippen molar-refractivity contribution in [1.82, 2.24) is 15.1 Å². The minimum atomic E-state index is -0.941. The maximum atomic E-state index is 12.6. The molecule has 114 valence electrons. The van der Waals surface area contributed by atoms with Crippen LogP contribution in [-0.4, -0.2) is 44.7 Å². The van der Waals surface area contributed by atoms with E-state index in [0.29, 0.717) is 35.0 Å². The first-order valence-electron chi connectivity index (χ1n) is 7.26. The normalized spacial score (nSPS) is 25.9. The Labute approximate surface area is 131 Å². The maximum absolute atomic E-state index is 12.6. The quantitative estimate of drug-likeness (QED) is 0.871. The van der Waals surface area contributed by atoms with Crippen LogP contribution in [0.15, 0.2) is 4.47 Å². The van der Waals surface area contributed by atoms with Gasteiger partial charge in [0, 0.05) is 12.5 Å². The molecular weight excluding hydrogens is 338 g/mol. The number of aliphatic carboxylic acids is 1. The second kappa shape index (κ2) is 5.44. The second-order valence-corrected chi connectivity index (χ2v) is 6.85. The van der Waals surface area contributed by atoms with E-state index in [-0.39, 0.29) is 5.91 Å². The number of nitrogens with one attached hydrogen (secondary N) is 1. The van der Waals surface area contributed by atoms with Gasteiger partial charge in [0.25, 0.3) is 5.91 Å². The molecule has 21 heavy (non-hydrogen) atoms. The summed E-state index contributed by atoms with van der Waals surface area (Å²) in [6.07, 6.45) is 3.53. The van der Waals surface area contributed by atoms with Gasteiger partial charge in [0.2, 0.25) is 0 Å². The van der Waals surface area contributed by atoms with E-state index in [1.165, 1.54) is 4.90 Å². The number of aromatic amines is 1. The molecule has 6 nitrogen and oxygen atoms in total. The van der Waals surface area contributed by atoms with Crippen molar-refractivity contribution in [2.75, 3.05) is 6.54 Å². The number of likely N-dealkylation sites (tertiary alicyclic amines) is 1. The third kappa shape index (κ3) is 2.71. The number of carboxylic acid groups (broad SMARTS) is 1. The Kier molecular flexibility index (Phi) is 3.77. The topological polar surface area (TPSA) is 86.3 Å². The zero-order valence-corrected chi connectivity index (χ0v) is 13.4. The number of rotatable bonds is 3. The summed E-state index contributed by atoms with van der Waals surface area (Å²) < 4.78 is 0.692. The first kappa shape index (κ1) is 14.6. The number of hydrogen-bond acceptors (Lipinski definition) is 3. The Bertz CT molecular complexity index is 582. The Morgan fingerprint density at radius 3 is 2.71 bits per heavy atom. The van der Waals surface area contributed by atoms with Crippen LogP contribution in [-0.2, 0) is 4.79 Å². The molecule has 2 aliphatic rings. The molecule has 3 rings (SSSR count). The summed E-state index contributed by atoms with van der Waals surface area (Å²) in [4.78, 5) is 25.5. The number of piperidine rings is 1. The molecular formula is C14H18BrN3O3. The van der Waals surface area contributed by atoms with Crippen LogP contribution in [0.1, 0.15) is 54.7 Å². The zero-order valence-electron chi connectivity index (χ0n) is 11.8. The number of halogens is 1. The SMILES string of the molecule is CC1CCN(C(=O)c2n[nH]c(C3CC3)c2Br)C(C(=O)O)C1. The molecule has 0 aromatic carbocycles. The van der Waals surface area contributed by atoms with Crippen LogP contribution < -0.4 is 0 Å². The Balaban J connectivity index is 1.84. The first-order chi connectivity index (χ1) is 9.99. The van der Waals surface area contributed by atoms with Gasteiger partial charge in [-0.15, -0.1) is 0 Å². The number of amides is 1. The van der Waals surface area contributed by atoms with Gasteiger partial charge >= 0.3 is 5.97 Å². The molecule has 2 atom stereocenters. The minimum absolute atomic E-state index is 0.302. The number of carbonyl (C=O) groups is 2. The number of nitrogens with zero attached hydrogens (tertiary/aromatic N) is 2. The summed E-state index contributed by atoms with van der Waals surface area (Å²) in [5.41, 5.74) is 1.26. The highest BCUT2D eigenvalue weighted by atomic mass is 79.9. The second-order valence-electron chi connectivity index (χ2n) is 6.06. The summed E-state index contributed by atoms with van der Waals surface area (Å²) in [5, 5.41) is 16.4. The monoisotopic (exact) mass is 355 g/mol. The number of hydrogen-bond donors (Lipinski definition) is 2. The third-order valence-corrected chi connectivity index (χ3v) is 5.13. The Morgan fingerprint density at radius 1 is 1.38 bits per heavy atom. The van der Waals surface area contributed by atoms with Crippen molar-refractivity contribution in [2.24, 2.45) is 5.92 Å². The van der Waals surface area contributed by atoms with Gasteiger partial charge < -0.3 is 10.0 Å². The fourth-order valence-corrected chi connectivity index (χ4v) is 3.55. The smallest absolute Gasteiger partial charge is 0.326 e. The predicted molar refractivity (Wildman–Crippen MR) is 79.1 cm³/mol. The van der Waals surface area contributed by atoms with E-state index in [2.05, 4.69) is 26.1 Å². The lowest BCUT2D eigenvalue weighted by Gasteiger charge is -2.35. The molecule has 1 aliphatic carbocycles. The summed E-state index contributed by atoms with van der Waals surface area (Å²) in [7, 11) is 0. The van der Waals surface area contributed by atoms with Crippen LogP contribution in [0, 0.1) is 5.92 Å². The molecule has 0 bridgehead atoms. The Hall–Kier alpha value is -1.37. The molecule has 1 saturated carbocycles. The Morgan fingerprint density at radius 2 is 2.10 bits per heavy atom. The lowest BCUT2D eigenvalue weighted by atomic mass is 9.92. The standard InChI is InChI=1S/C14H18BrN3O3/c1-7-4-5-18(9(6-7)14(20)21)13(19)12-10(15)11(16-17-12)8-2-3-8/h7-9H,2-6H2,1H3,(H,16,17)(H,20,21). The molecule has 1 aromatic rings. The largest absolute Gasteiger partial charge is 0.480 e. The summed E-state index contributed by atoms with van der Waals surface area (Å²) >= 11 is 3.44.